The van der Waals surface area contributed by atoms with Crippen LogP contribution in [0.4, 0.5) is 0 Å². The molecular formula is C13H20N2O5. The second-order valence-corrected chi connectivity index (χ2v) is 4.22. The minimum absolute atomic E-state index is 0.00838. The van der Waals surface area contributed by atoms with E-state index in [1.165, 1.54) is 0 Å². The Morgan fingerprint density at radius 3 is 2.70 bits per heavy atom. The van der Waals surface area contributed by atoms with Gasteiger partial charge in [-0.25, -0.2) is 0 Å². The summed E-state index contributed by atoms with van der Waals surface area (Å²) < 4.78 is 10.4. The van der Waals surface area contributed by atoms with E-state index >= 15 is 0 Å². The molecule has 112 valence electrons. The topological polar surface area (TPSA) is 114 Å². The summed E-state index contributed by atoms with van der Waals surface area (Å²) in [6, 6.07) is 7.02. The van der Waals surface area contributed by atoms with E-state index in [1.807, 2.05) is 0 Å². The Morgan fingerprint density at radius 2 is 2.05 bits per heavy atom. The van der Waals surface area contributed by atoms with Crippen LogP contribution in [-0.2, 0) is 4.79 Å². The van der Waals surface area contributed by atoms with Crippen molar-refractivity contribution < 1.29 is 24.5 Å². The summed E-state index contributed by atoms with van der Waals surface area (Å²) in [7, 11) is 1.56. The number of primary amides is 1. The highest BCUT2D eigenvalue weighted by Crippen LogP contribution is 2.18. The highest BCUT2D eigenvalue weighted by atomic mass is 16.5. The first-order chi connectivity index (χ1) is 9.52. The second-order valence-electron chi connectivity index (χ2n) is 4.22. The van der Waals surface area contributed by atoms with E-state index in [9.17, 15) is 9.90 Å². The summed E-state index contributed by atoms with van der Waals surface area (Å²) in [6.45, 7) is 0.243. The fourth-order valence-corrected chi connectivity index (χ4v) is 1.43. The van der Waals surface area contributed by atoms with Crippen molar-refractivity contribution in [3.8, 4) is 11.5 Å². The van der Waals surface area contributed by atoms with Crippen LogP contribution in [0.3, 0.4) is 0 Å². The van der Waals surface area contributed by atoms with Gasteiger partial charge in [0.25, 0.3) is 0 Å². The summed E-state index contributed by atoms with van der Waals surface area (Å²) in [4.78, 5) is 10.6. The number of methoxy groups -OCH3 is 1. The third-order valence-corrected chi connectivity index (χ3v) is 2.53. The van der Waals surface area contributed by atoms with Crippen molar-refractivity contribution in [1.29, 1.82) is 0 Å². The van der Waals surface area contributed by atoms with Crippen LogP contribution in [0.1, 0.15) is 0 Å². The summed E-state index contributed by atoms with van der Waals surface area (Å²) in [5.41, 5.74) is 4.89. The number of ether oxygens (including phenoxy) is 2. The fourth-order valence-electron chi connectivity index (χ4n) is 1.43. The molecule has 1 aromatic carbocycles. The lowest BCUT2D eigenvalue weighted by Crippen LogP contribution is -2.41. The molecule has 0 fully saturated rings. The maximum atomic E-state index is 10.6. The van der Waals surface area contributed by atoms with Gasteiger partial charge in [0.05, 0.1) is 7.11 Å². The molecule has 7 heteroatoms. The fraction of sp³-hybridized carbons (Fsp3) is 0.462. The molecule has 1 aromatic rings. The van der Waals surface area contributed by atoms with Crippen LogP contribution in [0.15, 0.2) is 24.3 Å². The van der Waals surface area contributed by atoms with Crippen LogP contribution in [0.25, 0.3) is 0 Å². The molecule has 2 unspecified atom stereocenters. The number of nitrogens with one attached hydrogen (secondary N) is 1. The second kappa shape index (κ2) is 8.36. The molecule has 20 heavy (non-hydrogen) atoms. The Labute approximate surface area is 117 Å². The standard InChI is InChI=1S/C13H20N2O5/c1-19-10-3-2-4-11(5-10)20-8-9(16)6-15-7-12(17)13(14)18/h2-5,9,12,15-17H,6-8H2,1H3,(H2,14,18). The molecule has 0 aromatic heterocycles. The van der Waals surface area contributed by atoms with Crippen molar-refractivity contribution in [3.05, 3.63) is 24.3 Å². The quantitative estimate of drug-likeness (QED) is 0.456. The van der Waals surface area contributed by atoms with Gasteiger partial charge in [0, 0.05) is 19.2 Å². The first-order valence-electron chi connectivity index (χ1n) is 6.16. The molecule has 0 aliphatic rings. The molecule has 0 spiro atoms. The van der Waals surface area contributed by atoms with Crippen LogP contribution < -0.4 is 20.5 Å². The van der Waals surface area contributed by atoms with Crippen molar-refractivity contribution in [2.45, 2.75) is 12.2 Å². The van der Waals surface area contributed by atoms with E-state index in [-0.39, 0.29) is 19.7 Å². The zero-order chi connectivity index (χ0) is 15.0. The normalized spacial score (nSPS) is 13.6. The number of carbonyl (C=O) groups is 1. The number of hydrogen-bond acceptors (Lipinski definition) is 6. The van der Waals surface area contributed by atoms with Gasteiger partial charge in [0.15, 0.2) is 0 Å². The third-order valence-electron chi connectivity index (χ3n) is 2.53. The molecule has 0 radical (unpaired) electrons. The first kappa shape index (κ1) is 16.2. The predicted molar refractivity (Wildman–Crippen MR) is 72.6 cm³/mol. The van der Waals surface area contributed by atoms with Crippen LogP contribution in [0.2, 0.25) is 0 Å². The van der Waals surface area contributed by atoms with Crippen LogP contribution in [-0.4, -0.2) is 55.1 Å². The van der Waals surface area contributed by atoms with Gasteiger partial charge in [0.2, 0.25) is 5.91 Å². The van der Waals surface area contributed by atoms with E-state index in [1.54, 1.807) is 31.4 Å². The van der Waals surface area contributed by atoms with Gasteiger partial charge in [-0.3, -0.25) is 4.79 Å². The number of carbonyl (C=O) groups excluding carboxylic acids is 1. The number of hydrogen-bond donors (Lipinski definition) is 4. The molecule has 1 amide bonds. The van der Waals surface area contributed by atoms with Crippen molar-refractivity contribution in [1.82, 2.24) is 5.32 Å². The summed E-state index contributed by atoms with van der Waals surface area (Å²) in [5, 5.41) is 21.5. The molecule has 0 saturated heterocycles. The molecular weight excluding hydrogens is 264 g/mol. The number of aliphatic hydroxyl groups excluding tert-OH is 2. The maximum absolute atomic E-state index is 10.6. The Morgan fingerprint density at radius 1 is 1.35 bits per heavy atom. The number of nitrogens with two attached hydrogens (primary N) is 1. The highest BCUT2D eigenvalue weighted by molar-refractivity contribution is 5.78. The SMILES string of the molecule is COc1cccc(OCC(O)CNCC(O)C(N)=O)c1. The molecule has 0 aliphatic carbocycles. The van der Waals surface area contributed by atoms with E-state index < -0.39 is 18.1 Å². The first-order valence-corrected chi connectivity index (χ1v) is 6.16. The van der Waals surface area contributed by atoms with Gasteiger partial charge in [-0.2, -0.15) is 0 Å². The number of rotatable bonds is 9. The molecule has 0 saturated carbocycles. The van der Waals surface area contributed by atoms with Gasteiger partial charge in [0.1, 0.15) is 30.3 Å². The van der Waals surface area contributed by atoms with Crippen LogP contribution in [0, 0.1) is 0 Å². The monoisotopic (exact) mass is 284 g/mol. The van der Waals surface area contributed by atoms with Crippen molar-refractivity contribution in [2.24, 2.45) is 5.73 Å². The molecule has 0 heterocycles. The number of benzene rings is 1. The smallest absolute Gasteiger partial charge is 0.247 e. The Balaban J connectivity index is 2.25. The van der Waals surface area contributed by atoms with Gasteiger partial charge in [-0.05, 0) is 12.1 Å². The van der Waals surface area contributed by atoms with E-state index in [0.29, 0.717) is 11.5 Å². The number of amides is 1. The number of aliphatic hydroxyl groups is 2. The summed E-state index contributed by atoms with van der Waals surface area (Å²) in [6.07, 6.45) is -2.04. The van der Waals surface area contributed by atoms with Gasteiger partial charge in [-0.1, -0.05) is 6.07 Å². The third kappa shape index (κ3) is 5.87. The minimum atomic E-state index is -1.26. The Hall–Kier alpha value is -1.83. The lowest BCUT2D eigenvalue weighted by atomic mass is 10.3. The van der Waals surface area contributed by atoms with Crippen molar-refractivity contribution >= 4 is 5.91 Å². The summed E-state index contributed by atoms with van der Waals surface area (Å²) in [5.74, 6) is 0.444. The molecule has 0 aliphatic heterocycles. The Bertz CT molecular complexity index is 427. The highest BCUT2D eigenvalue weighted by Gasteiger charge is 2.11. The van der Waals surface area contributed by atoms with E-state index in [2.05, 4.69) is 5.32 Å². The van der Waals surface area contributed by atoms with E-state index in [4.69, 9.17) is 20.3 Å². The zero-order valence-corrected chi connectivity index (χ0v) is 11.3. The zero-order valence-electron chi connectivity index (χ0n) is 11.3. The van der Waals surface area contributed by atoms with Crippen LogP contribution in [0.5, 0.6) is 11.5 Å². The van der Waals surface area contributed by atoms with Gasteiger partial charge in [-0.15, -0.1) is 0 Å². The molecule has 7 nitrogen and oxygen atoms in total. The molecule has 2 atom stereocenters. The molecule has 1 rings (SSSR count). The largest absolute Gasteiger partial charge is 0.497 e. The van der Waals surface area contributed by atoms with Gasteiger partial charge >= 0.3 is 0 Å². The average Bonchev–Trinajstić information content (AvgIpc) is 2.45. The average molecular weight is 284 g/mol. The van der Waals surface area contributed by atoms with E-state index in [0.717, 1.165) is 0 Å². The lowest BCUT2D eigenvalue weighted by Gasteiger charge is -2.14. The van der Waals surface area contributed by atoms with Gasteiger partial charge < -0.3 is 30.7 Å². The van der Waals surface area contributed by atoms with Crippen molar-refractivity contribution in [2.75, 3.05) is 26.8 Å². The van der Waals surface area contributed by atoms with Crippen LogP contribution >= 0.6 is 0 Å². The summed E-state index contributed by atoms with van der Waals surface area (Å²) >= 11 is 0. The lowest BCUT2D eigenvalue weighted by molar-refractivity contribution is -0.125. The predicted octanol–water partition coefficient (Wildman–Crippen LogP) is -1.13. The molecule has 0 bridgehead atoms. The van der Waals surface area contributed by atoms with Crippen molar-refractivity contribution in [3.63, 3.8) is 0 Å². The maximum Gasteiger partial charge on any atom is 0.247 e. The Kier molecular flexibility index (Phi) is 6.78. The minimum Gasteiger partial charge on any atom is -0.497 e. The molecule has 5 N–H and O–H groups in total.